The van der Waals surface area contributed by atoms with Crippen molar-refractivity contribution in [3.8, 4) is 0 Å². The number of nitrogens with zero attached hydrogens (tertiary/aromatic N) is 3. The third kappa shape index (κ3) is 2.98. The molecule has 0 bridgehead atoms. The zero-order valence-electron chi connectivity index (χ0n) is 13.0. The molecule has 2 heterocycles. The summed E-state index contributed by atoms with van der Waals surface area (Å²) in [6, 6.07) is 2.06. The van der Waals surface area contributed by atoms with Crippen LogP contribution in [0.1, 0.15) is 38.9 Å². The molecule has 3 rings (SSSR count). The van der Waals surface area contributed by atoms with E-state index in [0.29, 0.717) is 11.8 Å². The topological polar surface area (TPSA) is 61.3 Å². The molecule has 5 heteroatoms. The van der Waals surface area contributed by atoms with E-state index >= 15 is 0 Å². The Morgan fingerprint density at radius 2 is 2.14 bits per heavy atom. The van der Waals surface area contributed by atoms with Crippen LogP contribution in [-0.4, -0.2) is 40.8 Å². The number of nitrogens with one attached hydrogen (secondary N) is 1. The molecule has 1 saturated heterocycles. The average Bonchev–Trinajstić information content (AvgIpc) is 3.07. The molecule has 0 amide bonds. The van der Waals surface area contributed by atoms with Gasteiger partial charge in [-0.05, 0) is 25.2 Å². The van der Waals surface area contributed by atoms with Gasteiger partial charge in [0.05, 0.1) is 6.10 Å². The van der Waals surface area contributed by atoms with Gasteiger partial charge in [0, 0.05) is 38.0 Å². The Hall–Kier alpha value is -1.36. The molecular weight excluding hydrogens is 264 g/mol. The minimum atomic E-state index is -0.120. The Balaban J connectivity index is 1.78. The van der Waals surface area contributed by atoms with Crippen LogP contribution in [0.3, 0.4) is 0 Å². The van der Waals surface area contributed by atoms with Gasteiger partial charge in [-0.15, -0.1) is 0 Å². The molecule has 2 fully saturated rings. The van der Waals surface area contributed by atoms with E-state index in [0.717, 1.165) is 62.8 Å². The number of aliphatic hydroxyl groups excluding tert-OH is 1. The molecule has 2 N–H and O–H groups in total. The molecule has 1 aromatic heterocycles. The third-order valence-electron chi connectivity index (χ3n) is 4.77. The second-order valence-corrected chi connectivity index (χ2v) is 6.28. The molecule has 0 spiro atoms. The highest BCUT2D eigenvalue weighted by Crippen LogP contribution is 2.39. The average molecular weight is 290 g/mol. The lowest BCUT2D eigenvalue weighted by Gasteiger charge is -2.20. The molecule has 1 aliphatic heterocycles. The van der Waals surface area contributed by atoms with Crippen LogP contribution in [0.25, 0.3) is 0 Å². The van der Waals surface area contributed by atoms with E-state index < -0.39 is 0 Å². The number of aliphatic hydroxyl groups is 1. The first-order valence-corrected chi connectivity index (χ1v) is 8.26. The molecule has 0 radical (unpaired) electrons. The Bertz CT molecular complexity index is 493. The van der Waals surface area contributed by atoms with Crippen LogP contribution >= 0.6 is 0 Å². The van der Waals surface area contributed by atoms with E-state index in [1.165, 1.54) is 0 Å². The lowest BCUT2D eigenvalue weighted by Crippen LogP contribution is -2.25. The first kappa shape index (κ1) is 14.6. The number of hydrogen-bond donors (Lipinski definition) is 2. The van der Waals surface area contributed by atoms with Crippen molar-refractivity contribution in [1.82, 2.24) is 9.97 Å². The van der Waals surface area contributed by atoms with Crippen LogP contribution in [0, 0.1) is 11.8 Å². The fraction of sp³-hybridized carbons (Fsp3) is 0.750. The number of anilines is 2. The summed E-state index contributed by atoms with van der Waals surface area (Å²) in [5.41, 5.74) is 0. The minimum Gasteiger partial charge on any atom is -0.393 e. The lowest BCUT2D eigenvalue weighted by molar-refractivity contribution is 0.133. The van der Waals surface area contributed by atoms with Crippen molar-refractivity contribution in [1.29, 1.82) is 0 Å². The maximum Gasteiger partial charge on any atom is 0.134 e. The van der Waals surface area contributed by atoms with Crippen LogP contribution < -0.4 is 10.2 Å². The van der Waals surface area contributed by atoms with Crippen molar-refractivity contribution in [3.63, 3.8) is 0 Å². The molecule has 1 aliphatic carbocycles. The Kier molecular flexibility index (Phi) is 4.29. The first-order chi connectivity index (χ1) is 10.2. The van der Waals surface area contributed by atoms with E-state index in [9.17, 15) is 5.11 Å². The summed E-state index contributed by atoms with van der Waals surface area (Å²) in [6.07, 6.45) is 3.93. The maximum absolute atomic E-state index is 10.1. The molecule has 2 aliphatic rings. The smallest absolute Gasteiger partial charge is 0.134 e. The van der Waals surface area contributed by atoms with Crippen molar-refractivity contribution in [2.75, 3.05) is 29.9 Å². The highest BCUT2D eigenvalue weighted by atomic mass is 16.3. The molecule has 1 saturated carbocycles. The molecule has 116 valence electrons. The molecular formula is C16H26N4O. The number of hydrogen-bond acceptors (Lipinski definition) is 5. The molecule has 21 heavy (non-hydrogen) atoms. The van der Waals surface area contributed by atoms with E-state index in [4.69, 9.17) is 0 Å². The molecule has 5 nitrogen and oxygen atoms in total. The largest absolute Gasteiger partial charge is 0.393 e. The second-order valence-electron chi connectivity index (χ2n) is 6.28. The van der Waals surface area contributed by atoms with Crippen molar-refractivity contribution in [3.05, 3.63) is 11.9 Å². The van der Waals surface area contributed by atoms with Crippen LogP contribution in [0.15, 0.2) is 6.07 Å². The molecule has 0 aromatic carbocycles. The zero-order chi connectivity index (χ0) is 14.8. The summed E-state index contributed by atoms with van der Waals surface area (Å²) in [5.74, 6) is 3.89. The van der Waals surface area contributed by atoms with Crippen molar-refractivity contribution in [2.45, 2.75) is 45.6 Å². The number of aromatic nitrogens is 2. The van der Waals surface area contributed by atoms with E-state index in [2.05, 4.69) is 40.1 Å². The quantitative estimate of drug-likeness (QED) is 0.869. The zero-order valence-corrected chi connectivity index (χ0v) is 13.0. The van der Waals surface area contributed by atoms with Gasteiger partial charge in [-0.3, -0.25) is 0 Å². The van der Waals surface area contributed by atoms with Crippen molar-refractivity contribution < 1.29 is 5.11 Å². The van der Waals surface area contributed by atoms with Crippen LogP contribution in [-0.2, 0) is 6.42 Å². The SMILES string of the molecule is CCCNc1cc(N2CC3CCC(O)C3C2)nc(CC)n1. The van der Waals surface area contributed by atoms with Gasteiger partial charge < -0.3 is 15.3 Å². The normalized spacial score (nSPS) is 28.0. The fourth-order valence-corrected chi connectivity index (χ4v) is 3.57. The van der Waals surface area contributed by atoms with Gasteiger partial charge in [-0.2, -0.15) is 0 Å². The maximum atomic E-state index is 10.1. The number of fused-ring (bicyclic) bond motifs is 1. The van der Waals surface area contributed by atoms with Crippen LogP contribution in [0.2, 0.25) is 0 Å². The highest BCUT2D eigenvalue weighted by molar-refractivity contribution is 5.50. The third-order valence-corrected chi connectivity index (χ3v) is 4.77. The summed E-state index contributed by atoms with van der Waals surface area (Å²) in [6.45, 7) is 7.13. The molecule has 3 atom stereocenters. The van der Waals surface area contributed by atoms with Crippen LogP contribution in [0.4, 0.5) is 11.6 Å². The standard InChI is InChI=1S/C16H26N4O/c1-3-7-17-15-8-16(19-14(4-2)18-15)20-9-11-5-6-13(21)12(11)10-20/h8,11-13,21H,3-7,9-10H2,1-2H3,(H,17,18,19). The van der Waals surface area contributed by atoms with E-state index in [1.807, 2.05) is 0 Å². The van der Waals surface area contributed by atoms with Gasteiger partial charge in [-0.25, -0.2) is 9.97 Å². The minimum absolute atomic E-state index is 0.120. The summed E-state index contributed by atoms with van der Waals surface area (Å²) in [4.78, 5) is 11.6. The molecule has 3 unspecified atom stereocenters. The Labute approximate surface area is 126 Å². The Morgan fingerprint density at radius 3 is 2.86 bits per heavy atom. The van der Waals surface area contributed by atoms with Gasteiger partial charge in [0.15, 0.2) is 0 Å². The number of aryl methyl sites for hydroxylation is 1. The van der Waals surface area contributed by atoms with Crippen LogP contribution in [0.5, 0.6) is 0 Å². The first-order valence-electron chi connectivity index (χ1n) is 8.26. The number of rotatable bonds is 5. The van der Waals surface area contributed by atoms with E-state index in [-0.39, 0.29) is 6.10 Å². The van der Waals surface area contributed by atoms with Gasteiger partial charge in [-0.1, -0.05) is 13.8 Å². The predicted molar refractivity (Wildman–Crippen MR) is 84.6 cm³/mol. The second kappa shape index (κ2) is 6.18. The Morgan fingerprint density at radius 1 is 1.29 bits per heavy atom. The van der Waals surface area contributed by atoms with E-state index in [1.54, 1.807) is 0 Å². The fourth-order valence-electron chi connectivity index (χ4n) is 3.57. The van der Waals surface area contributed by atoms with Crippen molar-refractivity contribution in [2.24, 2.45) is 11.8 Å². The van der Waals surface area contributed by atoms with Gasteiger partial charge in [0.1, 0.15) is 17.5 Å². The summed E-state index contributed by atoms with van der Waals surface area (Å²) >= 11 is 0. The summed E-state index contributed by atoms with van der Waals surface area (Å²) in [5, 5.41) is 13.4. The van der Waals surface area contributed by atoms with Crippen molar-refractivity contribution >= 4 is 11.6 Å². The molecule has 1 aromatic rings. The van der Waals surface area contributed by atoms with Gasteiger partial charge in [0.25, 0.3) is 0 Å². The summed E-state index contributed by atoms with van der Waals surface area (Å²) < 4.78 is 0. The lowest BCUT2D eigenvalue weighted by atomic mass is 10.00. The predicted octanol–water partition coefficient (Wildman–Crippen LogP) is 2.07. The monoisotopic (exact) mass is 290 g/mol. The van der Waals surface area contributed by atoms with Gasteiger partial charge >= 0.3 is 0 Å². The summed E-state index contributed by atoms with van der Waals surface area (Å²) in [7, 11) is 0. The van der Waals surface area contributed by atoms with Gasteiger partial charge in [0.2, 0.25) is 0 Å². The highest BCUT2D eigenvalue weighted by Gasteiger charge is 2.42.